The number of rotatable bonds is 3. The van der Waals surface area contributed by atoms with Crippen LogP contribution in [0, 0.1) is 17.7 Å². The summed E-state index contributed by atoms with van der Waals surface area (Å²) in [5.74, 6) is -0.361. The molecule has 1 spiro atoms. The molecule has 2 aromatic rings. The van der Waals surface area contributed by atoms with Crippen LogP contribution in [0.25, 0.3) is 0 Å². The number of carboxylic acids is 1. The molecule has 1 fully saturated rings. The highest BCUT2D eigenvalue weighted by Crippen LogP contribution is 2.48. The van der Waals surface area contributed by atoms with Crippen LogP contribution in [0.4, 0.5) is 10.1 Å². The zero-order valence-corrected chi connectivity index (χ0v) is 26.8. The van der Waals surface area contributed by atoms with Crippen LogP contribution >= 0.6 is 23.5 Å². The van der Waals surface area contributed by atoms with E-state index in [1.54, 1.807) is 12.1 Å². The maximum atomic E-state index is 15.3. The topological polar surface area (TPSA) is 88.1 Å². The molecule has 2 aliphatic heterocycles. The summed E-state index contributed by atoms with van der Waals surface area (Å²) in [6.45, 7) is 5.47. The predicted molar refractivity (Wildman–Crippen MR) is 171 cm³/mol. The van der Waals surface area contributed by atoms with E-state index in [4.69, 9.17) is 21.1 Å². The molecule has 4 aliphatic rings. The minimum Gasteiger partial charge on any atom is -0.490 e. The summed E-state index contributed by atoms with van der Waals surface area (Å²) in [4.78, 5) is 27.1. The number of carbonyl (C=O) groups excluding carboxylic acids is 1. The van der Waals surface area contributed by atoms with E-state index in [1.165, 1.54) is 11.9 Å². The molecule has 6 rings (SSSR count). The van der Waals surface area contributed by atoms with E-state index >= 15 is 4.39 Å². The van der Waals surface area contributed by atoms with E-state index in [0.717, 1.165) is 55.3 Å². The molecule has 7 nitrogen and oxygen atoms in total. The van der Waals surface area contributed by atoms with Crippen molar-refractivity contribution in [2.45, 2.75) is 75.6 Å². The first-order chi connectivity index (χ1) is 21.1. The third kappa shape index (κ3) is 6.20. The SMILES string of the molecule is C/C1=C\CCC(C)SNC(=O)c2ccc3c(c2)N(C[C@@H]2CCC2C1OCC(=O)O)CC1(CCCc2c1ccc(Cl)c2F)CO3. The molecule has 0 aromatic heterocycles. The number of carbonyl (C=O) groups is 2. The van der Waals surface area contributed by atoms with Crippen LogP contribution in [0.3, 0.4) is 0 Å². The van der Waals surface area contributed by atoms with Crippen molar-refractivity contribution in [2.75, 3.05) is 31.2 Å². The lowest BCUT2D eigenvalue weighted by atomic mass is 9.67. The second-order valence-electron chi connectivity index (χ2n) is 12.9. The highest BCUT2D eigenvalue weighted by Gasteiger charge is 2.45. The van der Waals surface area contributed by atoms with Gasteiger partial charge in [-0.15, -0.1) is 0 Å². The van der Waals surface area contributed by atoms with Gasteiger partial charge in [0.15, 0.2) is 0 Å². The summed E-state index contributed by atoms with van der Waals surface area (Å²) in [6.07, 6.45) is 7.79. The number of nitrogens with one attached hydrogen (secondary N) is 1. The number of fused-ring (bicyclic) bond motifs is 4. The third-order valence-corrected chi connectivity index (χ3v) is 11.2. The van der Waals surface area contributed by atoms with Crippen molar-refractivity contribution in [2.24, 2.45) is 11.8 Å². The van der Waals surface area contributed by atoms with Gasteiger partial charge in [0.1, 0.15) is 18.2 Å². The molecule has 0 saturated heterocycles. The van der Waals surface area contributed by atoms with Gasteiger partial charge >= 0.3 is 5.97 Å². The number of amides is 1. The van der Waals surface area contributed by atoms with Gasteiger partial charge in [0.25, 0.3) is 5.91 Å². The van der Waals surface area contributed by atoms with E-state index in [0.29, 0.717) is 43.0 Å². The van der Waals surface area contributed by atoms with Gasteiger partial charge in [-0.05, 0) is 117 Å². The van der Waals surface area contributed by atoms with Gasteiger partial charge in [0, 0.05) is 29.3 Å². The molecule has 4 unspecified atom stereocenters. The third-order valence-electron chi connectivity index (χ3n) is 9.96. The number of aliphatic carboxylic acids is 1. The molecular weight excluding hydrogens is 603 g/mol. The second-order valence-corrected chi connectivity index (χ2v) is 14.5. The van der Waals surface area contributed by atoms with Crippen LogP contribution in [0.15, 0.2) is 42.0 Å². The Balaban J connectivity index is 1.41. The number of anilines is 1. The van der Waals surface area contributed by atoms with Gasteiger partial charge < -0.3 is 19.5 Å². The summed E-state index contributed by atoms with van der Waals surface area (Å²) in [7, 11) is 0. The normalized spacial score (nSPS) is 30.0. The van der Waals surface area contributed by atoms with Crippen molar-refractivity contribution < 1.29 is 28.6 Å². The largest absolute Gasteiger partial charge is 0.490 e. The zero-order chi connectivity index (χ0) is 31.0. The standard InChI is InChI=1S/C34H40ClFN2O5S/c1-20-5-3-6-21(2)44-37-33(41)22-9-13-29-28(15-22)38(16-23-8-10-24(23)32(20)42-17-30(39)40)18-34(19-43-29)14-4-7-25-26(34)11-12-27(35)31(25)36/h5,9,11-13,15,21,23-24,32H,3-4,6-8,10,14,16-19H2,1-2H3,(H,37,41)(H,39,40)/b20-5+/t21?,23-,24?,32?,34?/m0/s1. The van der Waals surface area contributed by atoms with Crippen molar-refractivity contribution in [1.82, 2.24) is 4.72 Å². The predicted octanol–water partition coefficient (Wildman–Crippen LogP) is 6.95. The number of nitrogens with zero attached hydrogens (tertiary/aromatic N) is 1. The number of allylic oxidation sites excluding steroid dienone is 1. The summed E-state index contributed by atoms with van der Waals surface area (Å²) in [6, 6.07) is 9.22. The van der Waals surface area contributed by atoms with Gasteiger partial charge in [-0.1, -0.05) is 30.7 Å². The molecular formula is C34H40ClFN2O5S. The monoisotopic (exact) mass is 642 g/mol. The molecule has 0 radical (unpaired) electrons. The minimum absolute atomic E-state index is 0.139. The first-order valence-electron chi connectivity index (χ1n) is 15.6. The Hall–Kier alpha value is -2.75. The maximum absolute atomic E-state index is 15.3. The number of benzene rings is 2. The molecule has 2 N–H and O–H groups in total. The Labute approximate surface area is 267 Å². The molecule has 1 amide bonds. The quantitative estimate of drug-likeness (QED) is 0.277. The highest BCUT2D eigenvalue weighted by atomic mass is 35.5. The summed E-state index contributed by atoms with van der Waals surface area (Å²) in [5.41, 5.74) is 3.62. The van der Waals surface area contributed by atoms with Crippen molar-refractivity contribution in [3.05, 3.63) is 69.5 Å². The number of halogens is 2. The van der Waals surface area contributed by atoms with E-state index in [9.17, 15) is 14.7 Å². The van der Waals surface area contributed by atoms with E-state index < -0.39 is 11.4 Å². The molecule has 2 bridgehead atoms. The fraction of sp³-hybridized carbons (Fsp3) is 0.529. The number of hydrogen-bond donors (Lipinski definition) is 2. The van der Waals surface area contributed by atoms with Crippen LogP contribution < -0.4 is 14.4 Å². The molecule has 236 valence electrons. The fourth-order valence-corrected chi connectivity index (χ4v) is 8.34. The Morgan fingerprint density at radius 1 is 1.27 bits per heavy atom. The van der Waals surface area contributed by atoms with E-state index in [-0.39, 0.29) is 46.5 Å². The fourth-order valence-electron chi connectivity index (χ4n) is 7.48. The molecule has 2 aromatic carbocycles. The first-order valence-corrected chi connectivity index (χ1v) is 16.9. The van der Waals surface area contributed by atoms with Gasteiger partial charge in [0.05, 0.1) is 23.4 Å². The van der Waals surface area contributed by atoms with Crippen molar-refractivity contribution in [3.63, 3.8) is 0 Å². The van der Waals surface area contributed by atoms with Crippen LogP contribution in [-0.2, 0) is 21.4 Å². The zero-order valence-electron chi connectivity index (χ0n) is 25.2. The summed E-state index contributed by atoms with van der Waals surface area (Å²) >= 11 is 7.63. The Morgan fingerprint density at radius 3 is 2.89 bits per heavy atom. The number of hydrogen-bond acceptors (Lipinski definition) is 6. The molecule has 10 heteroatoms. The van der Waals surface area contributed by atoms with Gasteiger partial charge in [0.2, 0.25) is 0 Å². The van der Waals surface area contributed by atoms with E-state index in [1.807, 2.05) is 25.1 Å². The Bertz CT molecular complexity index is 1470. The molecule has 5 atom stereocenters. The molecule has 44 heavy (non-hydrogen) atoms. The average molecular weight is 643 g/mol. The van der Waals surface area contributed by atoms with E-state index in [2.05, 4.69) is 22.6 Å². The maximum Gasteiger partial charge on any atom is 0.329 e. The minimum atomic E-state index is -0.974. The van der Waals surface area contributed by atoms with Crippen LogP contribution in [0.5, 0.6) is 5.75 Å². The lowest BCUT2D eigenvalue weighted by molar-refractivity contribution is -0.146. The van der Waals surface area contributed by atoms with Crippen LogP contribution in [0.1, 0.15) is 73.9 Å². The molecule has 2 aliphatic carbocycles. The number of ether oxygens (including phenoxy) is 2. The van der Waals surface area contributed by atoms with Crippen molar-refractivity contribution in [3.8, 4) is 5.75 Å². The number of carboxylic acid groups (broad SMARTS) is 1. The van der Waals surface area contributed by atoms with Crippen molar-refractivity contribution in [1.29, 1.82) is 0 Å². The lowest BCUT2D eigenvalue weighted by Gasteiger charge is -2.46. The van der Waals surface area contributed by atoms with Gasteiger partial charge in [-0.2, -0.15) is 0 Å². The van der Waals surface area contributed by atoms with Crippen molar-refractivity contribution >= 4 is 41.1 Å². The van der Waals surface area contributed by atoms with Gasteiger partial charge in [-0.3, -0.25) is 9.52 Å². The highest BCUT2D eigenvalue weighted by molar-refractivity contribution is 7.98. The Kier molecular flexibility index (Phi) is 9.18. The molecule has 2 heterocycles. The van der Waals surface area contributed by atoms with Gasteiger partial charge in [-0.25, -0.2) is 9.18 Å². The first kappa shape index (κ1) is 31.2. The average Bonchev–Trinajstić information content (AvgIpc) is 3.14. The summed E-state index contributed by atoms with van der Waals surface area (Å²) < 4.78 is 30.9. The lowest BCUT2D eigenvalue weighted by Crippen LogP contribution is -2.50. The van der Waals surface area contributed by atoms with Crippen LogP contribution in [-0.4, -0.2) is 54.6 Å². The Morgan fingerprint density at radius 2 is 2.11 bits per heavy atom. The summed E-state index contributed by atoms with van der Waals surface area (Å²) in [5, 5.41) is 9.76. The molecule has 1 saturated carbocycles. The second kappa shape index (κ2) is 12.9. The van der Waals surface area contributed by atoms with Crippen LogP contribution in [0.2, 0.25) is 5.02 Å². The smallest absolute Gasteiger partial charge is 0.329 e.